The van der Waals surface area contributed by atoms with Crippen LogP contribution < -0.4 is 15.2 Å². The van der Waals surface area contributed by atoms with Crippen molar-refractivity contribution < 1.29 is 9.47 Å². The Hall–Kier alpha value is -1.71. The van der Waals surface area contributed by atoms with Gasteiger partial charge in [0.2, 0.25) is 0 Å². The molecule has 0 saturated heterocycles. The van der Waals surface area contributed by atoms with Gasteiger partial charge in [0.05, 0.1) is 20.3 Å². The number of benzene rings is 2. The van der Waals surface area contributed by atoms with Crippen LogP contribution in [0.25, 0.3) is 0 Å². The lowest BCUT2D eigenvalue weighted by molar-refractivity contribution is 0.407. The largest absolute Gasteiger partial charge is 0.497 e. The van der Waals surface area contributed by atoms with Gasteiger partial charge in [-0.15, -0.1) is 0 Å². The van der Waals surface area contributed by atoms with Crippen LogP contribution in [-0.2, 0) is 0 Å². The fourth-order valence-electron chi connectivity index (χ4n) is 1.94. The summed E-state index contributed by atoms with van der Waals surface area (Å²) in [5.74, 6) is 1.53. The summed E-state index contributed by atoms with van der Waals surface area (Å²) < 4.78 is 10.5. The van der Waals surface area contributed by atoms with Gasteiger partial charge in [0, 0.05) is 10.6 Å². The molecule has 0 aliphatic rings. The van der Waals surface area contributed by atoms with Crippen LogP contribution >= 0.6 is 11.6 Å². The topological polar surface area (TPSA) is 44.5 Å². The maximum atomic E-state index is 6.27. The zero-order chi connectivity index (χ0) is 13.8. The average Bonchev–Trinajstić information content (AvgIpc) is 2.46. The molecule has 100 valence electrons. The quantitative estimate of drug-likeness (QED) is 0.931. The third-order valence-corrected chi connectivity index (χ3v) is 3.24. The predicted octanol–water partition coefficient (Wildman–Crippen LogP) is 3.41. The molecular formula is C15H16ClNO2. The molecule has 3 nitrogen and oxygen atoms in total. The number of hydrogen-bond donors (Lipinski definition) is 1. The second-order valence-corrected chi connectivity index (χ2v) is 4.57. The van der Waals surface area contributed by atoms with Crippen molar-refractivity contribution in [3.8, 4) is 11.5 Å². The Labute approximate surface area is 117 Å². The third-order valence-electron chi connectivity index (χ3n) is 3.00. The summed E-state index contributed by atoms with van der Waals surface area (Å²) in [7, 11) is 3.25. The van der Waals surface area contributed by atoms with Crippen LogP contribution in [0.4, 0.5) is 0 Å². The first-order valence-electron chi connectivity index (χ1n) is 5.88. The van der Waals surface area contributed by atoms with Crippen LogP contribution in [0.5, 0.6) is 11.5 Å². The lowest BCUT2D eigenvalue weighted by Gasteiger charge is -2.16. The van der Waals surface area contributed by atoms with Gasteiger partial charge in [0.25, 0.3) is 0 Å². The van der Waals surface area contributed by atoms with E-state index in [4.69, 9.17) is 26.8 Å². The van der Waals surface area contributed by atoms with Gasteiger partial charge < -0.3 is 15.2 Å². The molecule has 0 bridgehead atoms. The number of rotatable bonds is 4. The summed E-state index contributed by atoms with van der Waals surface area (Å²) >= 11 is 6.02. The Morgan fingerprint density at radius 2 is 1.68 bits per heavy atom. The highest BCUT2D eigenvalue weighted by atomic mass is 35.5. The minimum Gasteiger partial charge on any atom is -0.497 e. The number of halogens is 1. The number of methoxy groups -OCH3 is 2. The van der Waals surface area contributed by atoms with Gasteiger partial charge in [-0.3, -0.25) is 0 Å². The minimum atomic E-state index is -0.292. The molecule has 1 atom stereocenters. The molecule has 0 amide bonds. The second-order valence-electron chi connectivity index (χ2n) is 4.14. The standard InChI is InChI=1S/C15H16ClNO2/c1-18-12-6-3-10(4-7-12)15(17)13-9-11(16)5-8-14(13)19-2/h3-9,15H,17H2,1-2H3. The second kappa shape index (κ2) is 5.95. The van der Waals surface area contributed by atoms with E-state index in [0.29, 0.717) is 5.02 Å². The highest BCUT2D eigenvalue weighted by Crippen LogP contribution is 2.31. The third kappa shape index (κ3) is 3.00. The highest BCUT2D eigenvalue weighted by molar-refractivity contribution is 6.30. The van der Waals surface area contributed by atoms with Gasteiger partial charge in [0.1, 0.15) is 11.5 Å². The van der Waals surface area contributed by atoms with Crippen molar-refractivity contribution in [3.05, 3.63) is 58.6 Å². The maximum Gasteiger partial charge on any atom is 0.124 e. The highest BCUT2D eigenvalue weighted by Gasteiger charge is 2.14. The Bertz CT molecular complexity index is 555. The van der Waals surface area contributed by atoms with E-state index in [1.807, 2.05) is 36.4 Å². The molecule has 0 aromatic heterocycles. The number of ether oxygens (including phenoxy) is 2. The monoisotopic (exact) mass is 277 g/mol. The molecule has 0 aliphatic heterocycles. The van der Waals surface area contributed by atoms with Crippen molar-refractivity contribution in [3.63, 3.8) is 0 Å². The summed E-state index contributed by atoms with van der Waals surface area (Å²) in [4.78, 5) is 0. The lowest BCUT2D eigenvalue weighted by atomic mass is 9.98. The Balaban J connectivity index is 2.36. The molecule has 2 aromatic rings. The molecular weight excluding hydrogens is 262 g/mol. The Kier molecular flexibility index (Phi) is 4.30. The molecule has 2 aromatic carbocycles. The summed E-state index contributed by atoms with van der Waals surface area (Å²) in [6.07, 6.45) is 0. The minimum absolute atomic E-state index is 0.292. The molecule has 0 radical (unpaired) electrons. The molecule has 0 saturated carbocycles. The zero-order valence-corrected chi connectivity index (χ0v) is 11.6. The molecule has 19 heavy (non-hydrogen) atoms. The van der Waals surface area contributed by atoms with E-state index in [-0.39, 0.29) is 6.04 Å². The van der Waals surface area contributed by atoms with Crippen LogP contribution in [0.2, 0.25) is 5.02 Å². The van der Waals surface area contributed by atoms with Crippen LogP contribution in [0.1, 0.15) is 17.2 Å². The van der Waals surface area contributed by atoms with E-state index in [9.17, 15) is 0 Å². The van der Waals surface area contributed by atoms with Crippen LogP contribution in [0.15, 0.2) is 42.5 Å². The Morgan fingerprint density at radius 1 is 1.00 bits per heavy atom. The van der Waals surface area contributed by atoms with Gasteiger partial charge in [-0.1, -0.05) is 23.7 Å². The van der Waals surface area contributed by atoms with E-state index in [2.05, 4.69) is 0 Å². The molecule has 2 N–H and O–H groups in total. The van der Waals surface area contributed by atoms with E-state index < -0.39 is 0 Å². The SMILES string of the molecule is COc1ccc(C(N)c2cc(Cl)ccc2OC)cc1. The number of hydrogen-bond acceptors (Lipinski definition) is 3. The van der Waals surface area contributed by atoms with Gasteiger partial charge >= 0.3 is 0 Å². The fourth-order valence-corrected chi connectivity index (χ4v) is 2.12. The fraction of sp³-hybridized carbons (Fsp3) is 0.200. The van der Waals surface area contributed by atoms with E-state index in [0.717, 1.165) is 22.6 Å². The van der Waals surface area contributed by atoms with Crippen molar-refractivity contribution in [2.45, 2.75) is 6.04 Å². The van der Waals surface area contributed by atoms with E-state index >= 15 is 0 Å². The van der Waals surface area contributed by atoms with E-state index in [1.54, 1.807) is 20.3 Å². The molecule has 0 spiro atoms. The zero-order valence-electron chi connectivity index (χ0n) is 10.9. The van der Waals surface area contributed by atoms with Crippen molar-refractivity contribution in [1.29, 1.82) is 0 Å². The number of nitrogens with two attached hydrogens (primary N) is 1. The van der Waals surface area contributed by atoms with Crippen molar-refractivity contribution in [2.24, 2.45) is 5.73 Å². The van der Waals surface area contributed by atoms with Gasteiger partial charge in [-0.2, -0.15) is 0 Å². The predicted molar refractivity (Wildman–Crippen MR) is 77.0 cm³/mol. The first-order chi connectivity index (χ1) is 9.15. The van der Waals surface area contributed by atoms with Gasteiger partial charge in [-0.05, 0) is 35.9 Å². The van der Waals surface area contributed by atoms with Gasteiger partial charge in [-0.25, -0.2) is 0 Å². The average molecular weight is 278 g/mol. The molecule has 1 unspecified atom stereocenters. The Morgan fingerprint density at radius 3 is 2.26 bits per heavy atom. The van der Waals surface area contributed by atoms with Crippen LogP contribution in [-0.4, -0.2) is 14.2 Å². The van der Waals surface area contributed by atoms with Gasteiger partial charge in [0.15, 0.2) is 0 Å². The summed E-state index contributed by atoms with van der Waals surface area (Å²) in [5, 5.41) is 0.639. The molecule has 0 fully saturated rings. The van der Waals surface area contributed by atoms with Crippen molar-refractivity contribution in [2.75, 3.05) is 14.2 Å². The summed E-state index contributed by atoms with van der Waals surface area (Å²) in [6.45, 7) is 0. The van der Waals surface area contributed by atoms with Crippen LogP contribution in [0, 0.1) is 0 Å². The molecule has 0 heterocycles. The molecule has 2 rings (SSSR count). The first kappa shape index (κ1) is 13.7. The van der Waals surface area contributed by atoms with Crippen molar-refractivity contribution >= 4 is 11.6 Å². The molecule has 4 heteroatoms. The maximum absolute atomic E-state index is 6.27. The lowest BCUT2D eigenvalue weighted by Crippen LogP contribution is -2.13. The van der Waals surface area contributed by atoms with Crippen LogP contribution in [0.3, 0.4) is 0 Å². The summed E-state index contributed by atoms with van der Waals surface area (Å²) in [5.41, 5.74) is 8.11. The summed E-state index contributed by atoms with van der Waals surface area (Å²) in [6, 6.07) is 12.8. The van der Waals surface area contributed by atoms with Crippen molar-refractivity contribution in [1.82, 2.24) is 0 Å². The smallest absolute Gasteiger partial charge is 0.124 e. The van der Waals surface area contributed by atoms with E-state index in [1.165, 1.54) is 0 Å². The molecule has 0 aliphatic carbocycles. The normalized spacial score (nSPS) is 12.0. The first-order valence-corrected chi connectivity index (χ1v) is 6.26.